The first-order valence-corrected chi connectivity index (χ1v) is 6.74. The maximum absolute atomic E-state index is 12.1. The van der Waals surface area contributed by atoms with Crippen molar-refractivity contribution < 1.29 is 19.6 Å². The molecular weight excluding hydrogens is 274 g/mol. The molecule has 0 saturated heterocycles. The summed E-state index contributed by atoms with van der Waals surface area (Å²) < 4.78 is 4.94. The minimum atomic E-state index is -0.675. The summed E-state index contributed by atoms with van der Waals surface area (Å²) in [5, 5.41) is 20.7. The van der Waals surface area contributed by atoms with Gasteiger partial charge in [0.15, 0.2) is 11.5 Å². The van der Waals surface area contributed by atoms with E-state index in [4.69, 9.17) is 4.74 Å². The first-order chi connectivity index (χ1) is 9.93. The van der Waals surface area contributed by atoms with Gasteiger partial charge >= 0.3 is 5.69 Å². The summed E-state index contributed by atoms with van der Waals surface area (Å²) in [6, 6.07) is 2.74. The Bertz CT molecular complexity index is 621. The van der Waals surface area contributed by atoms with Crippen LogP contribution in [0, 0.1) is 16.0 Å². The van der Waals surface area contributed by atoms with Gasteiger partial charge in [0.25, 0.3) is 0 Å². The van der Waals surface area contributed by atoms with Crippen molar-refractivity contribution in [2.24, 2.45) is 5.92 Å². The number of ketones is 1. The van der Waals surface area contributed by atoms with Gasteiger partial charge < -0.3 is 9.84 Å². The number of phenols is 1. The van der Waals surface area contributed by atoms with E-state index < -0.39 is 16.4 Å². The lowest BCUT2D eigenvalue weighted by Crippen LogP contribution is -2.18. The van der Waals surface area contributed by atoms with E-state index in [0.717, 1.165) is 12.8 Å². The number of aromatic hydroxyl groups is 1. The van der Waals surface area contributed by atoms with Crippen molar-refractivity contribution in [1.29, 1.82) is 0 Å². The monoisotopic (exact) mass is 291 g/mol. The topological polar surface area (TPSA) is 89.7 Å². The third kappa shape index (κ3) is 3.04. The zero-order valence-corrected chi connectivity index (χ0v) is 12.0. The van der Waals surface area contributed by atoms with Gasteiger partial charge in [-0.3, -0.25) is 14.9 Å². The van der Waals surface area contributed by atoms with Crippen molar-refractivity contribution in [2.45, 2.75) is 26.2 Å². The van der Waals surface area contributed by atoms with Crippen molar-refractivity contribution in [3.8, 4) is 11.5 Å². The summed E-state index contributed by atoms with van der Waals surface area (Å²) in [6.07, 6.45) is 4.11. The normalized spacial score (nSPS) is 20.6. The Kier molecular flexibility index (Phi) is 4.26. The van der Waals surface area contributed by atoms with E-state index in [2.05, 4.69) is 0 Å². The SMILES string of the molecule is COc1cc(/C=C2\CCC[C@@H](C)C2=O)cc([N+](=O)[O-])c1O. The third-order valence-corrected chi connectivity index (χ3v) is 3.68. The molecule has 1 aromatic rings. The summed E-state index contributed by atoms with van der Waals surface area (Å²) >= 11 is 0. The van der Waals surface area contributed by atoms with Gasteiger partial charge in [-0.1, -0.05) is 6.92 Å². The Labute approximate surface area is 122 Å². The van der Waals surface area contributed by atoms with Gasteiger partial charge in [0, 0.05) is 12.0 Å². The van der Waals surface area contributed by atoms with E-state index >= 15 is 0 Å². The van der Waals surface area contributed by atoms with Crippen LogP contribution in [0.15, 0.2) is 17.7 Å². The number of hydrogen-bond donors (Lipinski definition) is 1. The number of hydrogen-bond acceptors (Lipinski definition) is 5. The van der Waals surface area contributed by atoms with Gasteiger partial charge in [-0.05, 0) is 42.5 Å². The summed E-state index contributed by atoms with van der Waals surface area (Å²) in [5.41, 5.74) is 0.710. The Hall–Kier alpha value is -2.37. The van der Waals surface area contributed by atoms with E-state index in [1.54, 1.807) is 6.08 Å². The standard InChI is InChI=1S/C15H17NO5/c1-9-4-3-5-11(14(9)17)6-10-7-12(16(19)20)15(18)13(8-10)21-2/h6-9,18H,3-5H2,1-2H3/b11-6+/t9-/m1/s1. The quantitative estimate of drug-likeness (QED) is 0.525. The zero-order valence-electron chi connectivity index (χ0n) is 12.0. The molecule has 0 aliphatic heterocycles. The molecule has 1 aromatic carbocycles. The lowest BCUT2D eigenvalue weighted by molar-refractivity contribution is -0.386. The molecule has 0 bridgehead atoms. The lowest BCUT2D eigenvalue weighted by Gasteiger charge is -2.19. The highest BCUT2D eigenvalue weighted by Crippen LogP contribution is 2.38. The van der Waals surface area contributed by atoms with Crippen LogP contribution in [0.1, 0.15) is 31.7 Å². The first kappa shape index (κ1) is 15.0. The molecule has 21 heavy (non-hydrogen) atoms. The highest BCUT2D eigenvalue weighted by atomic mass is 16.6. The molecule has 6 nitrogen and oxygen atoms in total. The lowest BCUT2D eigenvalue weighted by atomic mass is 9.84. The number of carbonyl (C=O) groups excluding carboxylic acids is 1. The second kappa shape index (κ2) is 5.95. The number of carbonyl (C=O) groups is 1. The Morgan fingerprint density at radius 2 is 2.19 bits per heavy atom. The molecule has 2 rings (SSSR count). The van der Waals surface area contributed by atoms with Crippen molar-refractivity contribution >= 4 is 17.5 Å². The van der Waals surface area contributed by atoms with Crippen molar-refractivity contribution in [3.63, 3.8) is 0 Å². The van der Waals surface area contributed by atoms with Gasteiger partial charge in [-0.15, -0.1) is 0 Å². The predicted molar refractivity (Wildman–Crippen MR) is 77.3 cm³/mol. The molecule has 0 radical (unpaired) electrons. The van der Waals surface area contributed by atoms with E-state index in [1.807, 2.05) is 6.92 Å². The number of phenolic OH excluding ortho intramolecular Hbond substituents is 1. The van der Waals surface area contributed by atoms with Gasteiger partial charge in [0.2, 0.25) is 5.75 Å². The molecular formula is C15H17NO5. The number of Topliss-reactive ketones (excluding diaryl/α,β-unsaturated/α-hetero) is 1. The van der Waals surface area contributed by atoms with E-state index in [-0.39, 0.29) is 17.5 Å². The number of methoxy groups -OCH3 is 1. The van der Waals surface area contributed by atoms with Crippen LogP contribution in [-0.2, 0) is 4.79 Å². The second-order valence-electron chi connectivity index (χ2n) is 5.18. The van der Waals surface area contributed by atoms with Crippen LogP contribution in [0.5, 0.6) is 11.5 Å². The molecule has 0 heterocycles. The van der Waals surface area contributed by atoms with Gasteiger partial charge in [0.05, 0.1) is 12.0 Å². The molecule has 0 unspecified atom stereocenters. The molecule has 0 amide bonds. The van der Waals surface area contributed by atoms with Gasteiger partial charge in [0.1, 0.15) is 0 Å². The molecule has 1 aliphatic carbocycles. The van der Waals surface area contributed by atoms with Crippen molar-refractivity contribution in [1.82, 2.24) is 0 Å². The minimum Gasteiger partial charge on any atom is -0.500 e. The highest BCUT2D eigenvalue weighted by molar-refractivity contribution is 6.01. The average molecular weight is 291 g/mol. The summed E-state index contributed by atoms with van der Waals surface area (Å²) in [6.45, 7) is 1.88. The fourth-order valence-corrected chi connectivity index (χ4v) is 2.51. The molecule has 6 heteroatoms. The number of nitro benzene ring substituents is 1. The third-order valence-electron chi connectivity index (χ3n) is 3.68. The van der Waals surface area contributed by atoms with E-state index in [0.29, 0.717) is 17.6 Å². The highest BCUT2D eigenvalue weighted by Gasteiger charge is 2.24. The number of nitro groups is 1. The van der Waals surface area contributed by atoms with Crippen molar-refractivity contribution in [2.75, 3.05) is 7.11 Å². The van der Waals surface area contributed by atoms with E-state index in [9.17, 15) is 20.0 Å². The Balaban J connectivity index is 2.47. The fraction of sp³-hybridized carbons (Fsp3) is 0.400. The largest absolute Gasteiger partial charge is 0.500 e. The molecule has 1 aliphatic rings. The van der Waals surface area contributed by atoms with Crippen LogP contribution in [0.4, 0.5) is 5.69 Å². The maximum atomic E-state index is 12.1. The molecule has 0 spiro atoms. The predicted octanol–water partition coefficient (Wildman–Crippen LogP) is 3.08. The molecule has 112 valence electrons. The fourth-order valence-electron chi connectivity index (χ4n) is 2.51. The average Bonchev–Trinajstić information content (AvgIpc) is 2.45. The molecule has 1 fully saturated rings. The first-order valence-electron chi connectivity index (χ1n) is 6.74. The van der Waals surface area contributed by atoms with Crippen LogP contribution < -0.4 is 4.74 Å². The summed E-state index contributed by atoms with van der Waals surface area (Å²) in [7, 11) is 1.32. The number of allylic oxidation sites excluding steroid dienone is 1. The minimum absolute atomic E-state index is 0.0148. The van der Waals surface area contributed by atoms with Gasteiger partial charge in [-0.25, -0.2) is 0 Å². The molecule has 1 N–H and O–H groups in total. The van der Waals surface area contributed by atoms with Crippen LogP contribution in [0.25, 0.3) is 6.08 Å². The Morgan fingerprint density at radius 3 is 2.81 bits per heavy atom. The van der Waals surface area contributed by atoms with Crippen LogP contribution in [0.2, 0.25) is 0 Å². The van der Waals surface area contributed by atoms with Crippen LogP contribution in [0.3, 0.4) is 0 Å². The Morgan fingerprint density at radius 1 is 1.48 bits per heavy atom. The number of rotatable bonds is 3. The smallest absolute Gasteiger partial charge is 0.315 e. The van der Waals surface area contributed by atoms with Gasteiger partial charge in [-0.2, -0.15) is 0 Å². The molecule has 1 saturated carbocycles. The van der Waals surface area contributed by atoms with Crippen LogP contribution in [-0.4, -0.2) is 22.9 Å². The van der Waals surface area contributed by atoms with Crippen LogP contribution >= 0.6 is 0 Å². The number of ether oxygens (including phenoxy) is 1. The summed E-state index contributed by atoms with van der Waals surface area (Å²) in [5.74, 6) is -0.421. The number of nitrogens with zero attached hydrogens (tertiary/aromatic N) is 1. The maximum Gasteiger partial charge on any atom is 0.315 e. The summed E-state index contributed by atoms with van der Waals surface area (Å²) in [4.78, 5) is 22.4. The van der Waals surface area contributed by atoms with Crippen molar-refractivity contribution in [3.05, 3.63) is 33.4 Å². The van der Waals surface area contributed by atoms with E-state index in [1.165, 1.54) is 19.2 Å². The zero-order chi connectivity index (χ0) is 15.6. The molecule has 0 aromatic heterocycles. The molecule has 1 atom stereocenters. The second-order valence-corrected chi connectivity index (χ2v) is 5.18. The number of benzene rings is 1.